The van der Waals surface area contributed by atoms with E-state index < -0.39 is 10.2 Å². The molecular formula is C16H22ClN3O3S. The van der Waals surface area contributed by atoms with E-state index in [9.17, 15) is 13.2 Å². The van der Waals surface area contributed by atoms with Gasteiger partial charge in [0, 0.05) is 30.7 Å². The van der Waals surface area contributed by atoms with Crippen LogP contribution in [-0.4, -0.2) is 48.6 Å². The van der Waals surface area contributed by atoms with E-state index in [0.717, 1.165) is 31.2 Å². The lowest BCUT2D eigenvalue weighted by Gasteiger charge is -2.20. The van der Waals surface area contributed by atoms with E-state index in [2.05, 4.69) is 5.32 Å². The van der Waals surface area contributed by atoms with Crippen LogP contribution >= 0.6 is 11.6 Å². The maximum atomic E-state index is 12.6. The van der Waals surface area contributed by atoms with E-state index in [1.54, 1.807) is 6.07 Å². The first-order valence-electron chi connectivity index (χ1n) is 8.25. The van der Waals surface area contributed by atoms with Crippen molar-refractivity contribution in [3.05, 3.63) is 34.9 Å². The van der Waals surface area contributed by atoms with E-state index >= 15 is 0 Å². The molecule has 0 bridgehead atoms. The molecule has 1 aliphatic heterocycles. The van der Waals surface area contributed by atoms with Crippen molar-refractivity contribution < 1.29 is 13.2 Å². The van der Waals surface area contributed by atoms with Gasteiger partial charge in [0.25, 0.3) is 10.2 Å². The monoisotopic (exact) mass is 371 g/mol. The summed E-state index contributed by atoms with van der Waals surface area (Å²) < 4.78 is 27.8. The maximum absolute atomic E-state index is 12.6. The summed E-state index contributed by atoms with van der Waals surface area (Å²) in [4.78, 5) is 12.1. The molecule has 6 nitrogen and oxygen atoms in total. The lowest BCUT2D eigenvalue weighted by Crippen LogP contribution is -2.43. The highest BCUT2D eigenvalue weighted by atomic mass is 35.5. The fourth-order valence-corrected chi connectivity index (χ4v) is 4.99. The van der Waals surface area contributed by atoms with Crippen LogP contribution in [0.2, 0.25) is 5.02 Å². The summed E-state index contributed by atoms with van der Waals surface area (Å²) in [5.41, 5.74) is 0.764. The summed E-state index contributed by atoms with van der Waals surface area (Å²) in [7, 11) is -3.62. The van der Waals surface area contributed by atoms with Crippen molar-refractivity contribution >= 4 is 27.7 Å². The molecule has 24 heavy (non-hydrogen) atoms. The van der Waals surface area contributed by atoms with Crippen molar-refractivity contribution in [2.75, 3.05) is 19.6 Å². The highest BCUT2D eigenvalue weighted by molar-refractivity contribution is 7.87. The van der Waals surface area contributed by atoms with Gasteiger partial charge in [-0.05, 0) is 24.5 Å². The number of carbonyl (C=O) groups is 1. The minimum Gasteiger partial charge on any atom is -0.352 e. The highest BCUT2D eigenvalue weighted by Gasteiger charge is 2.37. The minimum absolute atomic E-state index is 0.113. The molecule has 0 unspecified atom stereocenters. The van der Waals surface area contributed by atoms with Gasteiger partial charge in [-0.3, -0.25) is 4.79 Å². The SMILES string of the molecule is O=C(CN1CCN(Cc2ccccc2Cl)S1(=O)=O)NC1CCCC1. The van der Waals surface area contributed by atoms with Crippen molar-refractivity contribution in [3.63, 3.8) is 0 Å². The van der Waals surface area contributed by atoms with Crippen LogP contribution in [0.5, 0.6) is 0 Å². The minimum atomic E-state index is -3.62. The summed E-state index contributed by atoms with van der Waals surface area (Å²) in [6.07, 6.45) is 4.21. The van der Waals surface area contributed by atoms with Gasteiger partial charge in [0.15, 0.2) is 0 Å². The highest BCUT2D eigenvalue weighted by Crippen LogP contribution is 2.23. The van der Waals surface area contributed by atoms with Gasteiger partial charge in [-0.1, -0.05) is 42.6 Å². The zero-order valence-corrected chi connectivity index (χ0v) is 15.0. The second-order valence-corrected chi connectivity index (χ2v) is 8.65. The number of carbonyl (C=O) groups excluding carboxylic acids is 1. The molecule has 0 radical (unpaired) electrons. The van der Waals surface area contributed by atoms with Gasteiger partial charge in [-0.2, -0.15) is 17.0 Å². The molecule has 1 saturated heterocycles. The average molecular weight is 372 g/mol. The fourth-order valence-electron chi connectivity index (χ4n) is 3.26. The lowest BCUT2D eigenvalue weighted by molar-refractivity contribution is -0.121. The molecular weight excluding hydrogens is 350 g/mol. The summed E-state index contributed by atoms with van der Waals surface area (Å²) in [5, 5.41) is 3.48. The molecule has 0 aromatic heterocycles. The summed E-state index contributed by atoms with van der Waals surface area (Å²) in [6, 6.07) is 7.39. The van der Waals surface area contributed by atoms with Crippen LogP contribution in [0, 0.1) is 0 Å². The smallest absolute Gasteiger partial charge is 0.282 e. The number of amides is 1. The third-order valence-electron chi connectivity index (χ3n) is 4.60. The van der Waals surface area contributed by atoms with Crippen LogP contribution in [-0.2, 0) is 21.5 Å². The van der Waals surface area contributed by atoms with Gasteiger partial charge in [-0.15, -0.1) is 0 Å². The molecule has 132 valence electrons. The molecule has 2 aliphatic rings. The molecule has 8 heteroatoms. The van der Waals surface area contributed by atoms with E-state index in [1.165, 1.54) is 8.61 Å². The predicted octanol–water partition coefficient (Wildman–Crippen LogP) is 1.76. The molecule has 3 rings (SSSR count). The lowest BCUT2D eigenvalue weighted by atomic mass is 10.2. The summed E-state index contributed by atoms with van der Waals surface area (Å²) in [5.74, 6) is -0.218. The topological polar surface area (TPSA) is 69.7 Å². The van der Waals surface area contributed by atoms with Crippen molar-refractivity contribution in [1.82, 2.24) is 13.9 Å². The van der Waals surface area contributed by atoms with Crippen molar-refractivity contribution in [2.45, 2.75) is 38.3 Å². The molecule has 1 amide bonds. The number of benzene rings is 1. The molecule has 1 aromatic rings. The van der Waals surface area contributed by atoms with Crippen LogP contribution in [0.1, 0.15) is 31.2 Å². The van der Waals surface area contributed by atoms with Crippen LogP contribution in [0.3, 0.4) is 0 Å². The fraction of sp³-hybridized carbons (Fsp3) is 0.562. The Balaban J connectivity index is 1.60. The number of nitrogens with zero attached hydrogens (tertiary/aromatic N) is 2. The Bertz CT molecular complexity index is 704. The van der Waals surface area contributed by atoms with E-state index in [4.69, 9.17) is 11.6 Å². The van der Waals surface area contributed by atoms with Gasteiger partial charge in [0.2, 0.25) is 5.91 Å². The van der Waals surface area contributed by atoms with Gasteiger partial charge in [0.05, 0.1) is 6.54 Å². The summed E-state index contributed by atoms with van der Waals surface area (Å²) >= 11 is 6.11. The zero-order valence-electron chi connectivity index (χ0n) is 13.4. The number of hydrogen-bond acceptors (Lipinski definition) is 3. The van der Waals surface area contributed by atoms with Crippen molar-refractivity contribution in [2.24, 2.45) is 0 Å². The molecule has 1 aliphatic carbocycles. The van der Waals surface area contributed by atoms with Crippen molar-refractivity contribution in [3.8, 4) is 0 Å². The molecule has 2 fully saturated rings. The Morgan fingerprint density at radius 3 is 2.54 bits per heavy atom. The molecule has 1 N–H and O–H groups in total. The molecule has 1 aromatic carbocycles. The van der Waals surface area contributed by atoms with Gasteiger partial charge in [0.1, 0.15) is 0 Å². The molecule has 1 saturated carbocycles. The maximum Gasteiger partial charge on any atom is 0.282 e. The molecule has 0 atom stereocenters. The first kappa shape index (κ1) is 17.7. The first-order valence-corrected chi connectivity index (χ1v) is 10.0. The van der Waals surface area contributed by atoms with Crippen LogP contribution in [0.15, 0.2) is 24.3 Å². The molecule has 0 spiro atoms. The number of hydrogen-bond donors (Lipinski definition) is 1. The van der Waals surface area contributed by atoms with E-state index in [-0.39, 0.29) is 25.0 Å². The van der Waals surface area contributed by atoms with Crippen LogP contribution in [0.25, 0.3) is 0 Å². The zero-order chi connectivity index (χ0) is 17.2. The number of rotatable bonds is 5. The van der Waals surface area contributed by atoms with Gasteiger partial charge < -0.3 is 5.32 Å². The predicted molar refractivity (Wildman–Crippen MR) is 92.8 cm³/mol. The average Bonchev–Trinajstić information content (AvgIpc) is 3.12. The largest absolute Gasteiger partial charge is 0.352 e. The molecule has 1 heterocycles. The number of nitrogens with one attached hydrogen (secondary N) is 1. The normalized spacial score (nSPS) is 22.0. The third-order valence-corrected chi connectivity index (χ3v) is 6.89. The van der Waals surface area contributed by atoms with E-state index in [1.807, 2.05) is 18.2 Å². The Kier molecular flexibility index (Phi) is 5.44. The standard InChI is InChI=1S/C16H22ClN3O3S/c17-15-8-4-1-5-13(15)11-19-9-10-20(24(19,22)23)12-16(21)18-14-6-2-3-7-14/h1,4-5,8,14H,2-3,6-7,9-12H2,(H,18,21). The Morgan fingerprint density at radius 1 is 1.17 bits per heavy atom. The van der Waals surface area contributed by atoms with Gasteiger partial charge in [-0.25, -0.2) is 0 Å². The second kappa shape index (κ2) is 7.39. The van der Waals surface area contributed by atoms with Crippen LogP contribution < -0.4 is 5.32 Å². The second-order valence-electron chi connectivity index (χ2n) is 6.32. The van der Waals surface area contributed by atoms with Gasteiger partial charge >= 0.3 is 0 Å². The Labute approximate surface area is 147 Å². The third kappa shape index (κ3) is 3.91. The van der Waals surface area contributed by atoms with Crippen molar-refractivity contribution in [1.29, 1.82) is 0 Å². The van der Waals surface area contributed by atoms with Crippen LogP contribution in [0.4, 0.5) is 0 Å². The Morgan fingerprint density at radius 2 is 1.83 bits per heavy atom. The number of halogens is 1. The quantitative estimate of drug-likeness (QED) is 0.857. The van der Waals surface area contributed by atoms with E-state index in [0.29, 0.717) is 18.1 Å². The first-order chi connectivity index (χ1) is 11.5. The summed E-state index contributed by atoms with van der Waals surface area (Å²) in [6.45, 7) is 0.801. The Hall–Kier alpha value is -1.15.